The van der Waals surface area contributed by atoms with Gasteiger partial charge in [-0.3, -0.25) is 10.1 Å². The molecule has 0 unspecified atom stereocenters. The second-order valence-corrected chi connectivity index (χ2v) is 8.43. The van der Waals surface area contributed by atoms with Crippen molar-refractivity contribution in [2.24, 2.45) is 0 Å². The summed E-state index contributed by atoms with van der Waals surface area (Å²) in [4.78, 5) is 17.1. The van der Waals surface area contributed by atoms with Crippen LogP contribution in [0.3, 0.4) is 0 Å². The van der Waals surface area contributed by atoms with Crippen LogP contribution in [0.4, 0.5) is 5.13 Å². The molecule has 5 nitrogen and oxygen atoms in total. The Labute approximate surface area is 190 Å². The fourth-order valence-electron chi connectivity index (χ4n) is 3.16. The van der Waals surface area contributed by atoms with Crippen LogP contribution in [-0.2, 0) is 0 Å². The Morgan fingerprint density at radius 1 is 1.03 bits per heavy atom. The molecule has 0 aliphatic heterocycles. The average molecular weight is 448 g/mol. The molecule has 0 aliphatic rings. The van der Waals surface area contributed by atoms with Crippen LogP contribution >= 0.6 is 23.6 Å². The molecule has 0 saturated carbocycles. The molecule has 4 rings (SSSR count). The van der Waals surface area contributed by atoms with Gasteiger partial charge in [-0.05, 0) is 61.1 Å². The maximum atomic E-state index is 12.5. The number of thiazole rings is 1. The van der Waals surface area contributed by atoms with Gasteiger partial charge in [0.05, 0.1) is 11.8 Å². The lowest BCUT2D eigenvalue weighted by atomic mass is 10.0. The molecular formula is C24H21N3O2S2. The first-order chi connectivity index (χ1) is 15.0. The Kier molecular flexibility index (Phi) is 6.25. The molecule has 0 spiro atoms. The van der Waals surface area contributed by atoms with Crippen molar-refractivity contribution in [3.8, 4) is 17.0 Å². The van der Waals surface area contributed by atoms with E-state index in [2.05, 4.69) is 33.8 Å². The highest BCUT2D eigenvalue weighted by Crippen LogP contribution is 2.30. The number of carbonyl (C=O) groups excluding carboxylic acids is 1. The van der Waals surface area contributed by atoms with Crippen molar-refractivity contribution in [1.82, 2.24) is 10.3 Å². The lowest BCUT2D eigenvalue weighted by Crippen LogP contribution is -2.34. The minimum atomic E-state index is -0.292. The number of carbonyl (C=O) groups is 1. The molecule has 156 valence electrons. The molecular weight excluding hydrogens is 426 g/mol. The molecule has 0 aliphatic carbocycles. The van der Waals surface area contributed by atoms with E-state index in [0.29, 0.717) is 10.7 Å². The first kappa shape index (κ1) is 21.0. The van der Waals surface area contributed by atoms with Crippen molar-refractivity contribution < 1.29 is 9.53 Å². The number of nitrogens with zero attached hydrogens (tertiary/aromatic N) is 1. The van der Waals surface area contributed by atoms with Crippen LogP contribution < -0.4 is 15.4 Å². The van der Waals surface area contributed by atoms with E-state index in [0.717, 1.165) is 27.8 Å². The van der Waals surface area contributed by atoms with Crippen molar-refractivity contribution in [2.75, 3.05) is 5.32 Å². The van der Waals surface area contributed by atoms with E-state index >= 15 is 0 Å². The summed E-state index contributed by atoms with van der Waals surface area (Å²) in [7, 11) is 0. The molecule has 0 saturated heterocycles. The summed E-state index contributed by atoms with van der Waals surface area (Å²) in [6.45, 7) is 3.91. The van der Waals surface area contributed by atoms with E-state index in [9.17, 15) is 4.79 Å². The van der Waals surface area contributed by atoms with Crippen molar-refractivity contribution in [2.45, 2.75) is 20.0 Å². The van der Waals surface area contributed by atoms with Crippen LogP contribution in [-0.4, -0.2) is 22.1 Å². The van der Waals surface area contributed by atoms with Gasteiger partial charge in [-0.25, -0.2) is 4.98 Å². The van der Waals surface area contributed by atoms with E-state index in [4.69, 9.17) is 17.0 Å². The van der Waals surface area contributed by atoms with Crippen LogP contribution in [0.1, 0.15) is 24.2 Å². The Morgan fingerprint density at radius 3 is 2.55 bits per heavy atom. The third-order valence-corrected chi connectivity index (χ3v) is 5.47. The van der Waals surface area contributed by atoms with Gasteiger partial charge in [-0.2, -0.15) is 0 Å². The molecule has 0 fully saturated rings. The second-order valence-electron chi connectivity index (χ2n) is 7.16. The summed E-state index contributed by atoms with van der Waals surface area (Å²) in [5.74, 6) is 0.426. The number of nitrogens with one attached hydrogen (secondary N) is 2. The van der Waals surface area contributed by atoms with Crippen LogP contribution in [0, 0.1) is 0 Å². The largest absolute Gasteiger partial charge is 0.491 e. The molecule has 0 radical (unpaired) electrons. The third-order valence-electron chi connectivity index (χ3n) is 4.51. The summed E-state index contributed by atoms with van der Waals surface area (Å²) in [6.07, 6.45) is 0.0773. The van der Waals surface area contributed by atoms with Gasteiger partial charge in [0.15, 0.2) is 10.2 Å². The number of thiocarbonyl (C=S) groups is 1. The van der Waals surface area contributed by atoms with Crippen LogP contribution in [0.25, 0.3) is 22.0 Å². The number of hydrogen-bond acceptors (Lipinski definition) is 5. The van der Waals surface area contributed by atoms with Crippen LogP contribution in [0.5, 0.6) is 5.75 Å². The van der Waals surface area contributed by atoms with E-state index in [1.165, 1.54) is 11.3 Å². The van der Waals surface area contributed by atoms with E-state index in [1.807, 2.05) is 43.5 Å². The van der Waals surface area contributed by atoms with E-state index in [1.54, 1.807) is 24.3 Å². The van der Waals surface area contributed by atoms with Gasteiger partial charge >= 0.3 is 0 Å². The summed E-state index contributed by atoms with van der Waals surface area (Å²) in [5, 5.41) is 10.8. The lowest BCUT2D eigenvalue weighted by molar-refractivity contribution is 0.0977. The van der Waals surface area contributed by atoms with Crippen LogP contribution in [0.15, 0.2) is 72.1 Å². The summed E-state index contributed by atoms with van der Waals surface area (Å²) in [6, 6.07) is 21.3. The normalized spacial score (nSPS) is 10.8. The lowest BCUT2D eigenvalue weighted by Gasteiger charge is -2.10. The van der Waals surface area contributed by atoms with E-state index < -0.39 is 0 Å². The number of anilines is 1. The highest BCUT2D eigenvalue weighted by molar-refractivity contribution is 7.80. The van der Waals surface area contributed by atoms with Crippen molar-refractivity contribution in [3.05, 3.63) is 77.7 Å². The van der Waals surface area contributed by atoms with Gasteiger partial charge in [-0.1, -0.05) is 42.5 Å². The number of benzene rings is 3. The number of fused-ring (bicyclic) bond motifs is 1. The summed E-state index contributed by atoms with van der Waals surface area (Å²) >= 11 is 6.73. The van der Waals surface area contributed by atoms with Crippen molar-refractivity contribution in [3.63, 3.8) is 0 Å². The summed E-state index contributed by atoms with van der Waals surface area (Å²) in [5.41, 5.74) is 2.41. The highest BCUT2D eigenvalue weighted by atomic mass is 32.1. The van der Waals surface area contributed by atoms with Gasteiger partial charge < -0.3 is 10.1 Å². The number of rotatable bonds is 5. The quantitative estimate of drug-likeness (QED) is 0.374. The number of amides is 1. The molecule has 4 aromatic rings. The fraction of sp³-hybridized carbons (Fsp3) is 0.125. The Bertz CT molecular complexity index is 1230. The van der Waals surface area contributed by atoms with Crippen LogP contribution in [0.2, 0.25) is 0 Å². The van der Waals surface area contributed by atoms with Crippen molar-refractivity contribution >= 4 is 50.5 Å². The highest BCUT2D eigenvalue weighted by Gasteiger charge is 2.12. The Hall–Kier alpha value is -3.29. The smallest absolute Gasteiger partial charge is 0.257 e. The molecule has 1 heterocycles. The van der Waals surface area contributed by atoms with Gasteiger partial charge in [0.2, 0.25) is 0 Å². The molecule has 3 aromatic carbocycles. The molecule has 2 N–H and O–H groups in total. The van der Waals surface area contributed by atoms with Crippen molar-refractivity contribution in [1.29, 1.82) is 0 Å². The monoisotopic (exact) mass is 447 g/mol. The predicted molar refractivity (Wildman–Crippen MR) is 131 cm³/mol. The van der Waals surface area contributed by atoms with Gasteiger partial charge in [0.25, 0.3) is 5.91 Å². The Balaban J connectivity index is 1.41. The summed E-state index contributed by atoms with van der Waals surface area (Å²) < 4.78 is 5.60. The zero-order chi connectivity index (χ0) is 21.8. The molecule has 31 heavy (non-hydrogen) atoms. The maximum Gasteiger partial charge on any atom is 0.257 e. The second kappa shape index (κ2) is 9.24. The zero-order valence-electron chi connectivity index (χ0n) is 17.1. The third kappa shape index (κ3) is 5.07. The van der Waals surface area contributed by atoms with E-state index in [-0.39, 0.29) is 17.1 Å². The molecule has 1 amide bonds. The fourth-order valence-corrected chi connectivity index (χ4v) is 4.13. The van der Waals surface area contributed by atoms with Gasteiger partial charge in [0, 0.05) is 16.5 Å². The first-order valence-electron chi connectivity index (χ1n) is 9.82. The van der Waals surface area contributed by atoms with Gasteiger partial charge in [-0.15, -0.1) is 11.3 Å². The SMILES string of the molecule is CC(C)Oc1ccc(C(=O)NC(=S)Nc2nc(-c3cccc4ccccc34)cs2)cc1. The minimum absolute atomic E-state index is 0.0773. The number of hydrogen-bond donors (Lipinski definition) is 2. The average Bonchev–Trinajstić information content (AvgIpc) is 3.21. The van der Waals surface area contributed by atoms with Gasteiger partial charge in [0.1, 0.15) is 5.75 Å². The molecule has 7 heteroatoms. The molecule has 0 atom stereocenters. The number of aromatic nitrogens is 1. The standard InChI is InChI=1S/C24H21N3O2S2/c1-15(2)29-18-12-10-17(11-13-18)22(28)26-23(30)27-24-25-21(14-31-24)20-9-5-7-16-6-3-4-8-19(16)20/h3-15H,1-2H3,(H2,25,26,27,28,30). The minimum Gasteiger partial charge on any atom is -0.491 e. The predicted octanol–water partition coefficient (Wildman–Crippen LogP) is 5.88. The first-order valence-corrected chi connectivity index (χ1v) is 11.1. The molecule has 0 bridgehead atoms. The number of ether oxygens (including phenoxy) is 1. The molecule has 1 aromatic heterocycles. The topological polar surface area (TPSA) is 63.2 Å². The zero-order valence-corrected chi connectivity index (χ0v) is 18.7. The Morgan fingerprint density at radius 2 is 1.77 bits per heavy atom. The maximum absolute atomic E-state index is 12.5.